The third kappa shape index (κ3) is 4.05. The van der Waals surface area contributed by atoms with Gasteiger partial charge in [0.2, 0.25) is 0 Å². The summed E-state index contributed by atoms with van der Waals surface area (Å²) in [6.07, 6.45) is 2.61. The van der Waals surface area contributed by atoms with Crippen molar-refractivity contribution in [3.8, 4) is 0 Å². The monoisotopic (exact) mass is 206 g/mol. The molecule has 2 atom stereocenters. The Balaban J connectivity index is 2.50. The van der Waals surface area contributed by atoms with Crippen LogP contribution in [0.15, 0.2) is 30.3 Å². The summed E-state index contributed by atoms with van der Waals surface area (Å²) in [5.41, 5.74) is 1.39. The van der Waals surface area contributed by atoms with Crippen LogP contribution in [0, 0.1) is 0 Å². The minimum Gasteiger partial charge on any atom is -0.378 e. The Bertz CT molecular complexity index is 255. The molecule has 0 fully saturated rings. The Morgan fingerprint density at radius 2 is 1.73 bits per heavy atom. The molecule has 2 unspecified atom stereocenters. The number of hydrogen-bond acceptors (Lipinski definition) is 1. The van der Waals surface area contributed by atoms with Gasteiger partial charge in [-0.25, -0.2) is 0 Å². The Morgan fingerprint density at radius 3 is 2.27 bits per heavy atom. The van der Waals surface area contributed by atoms with Crippen molar-refractivity contribution in [3.05, 3.63) is 35.9 Å². The van der Waals surface area contributed by atoms with Gasteiger partial charge in [-0.05, 0) is 25.3 Å². The molecule has 84 valence electrons. The first-order valence-electron chi connectivity index (χ1n) is 5.94. The molecule has 0 saturated heterocycles. The fourth-order valence-electron chi connectivity index (χ4n) is 1.57. The summed E-state index contributed by atoms with van der Waals surface area (Å²) in [6, 6.07) is 10.6. The molecule has 0 aliphatic rings. The van der Waals surface area contributed by atoms with Crippen molar-refractivity contribution in [2.45, 2.75) is 45.6 Å². The van der Waals surface area contributed by atoms with Gasteiger partial charge in [-0.15, -0.1) is 0 Å². The zero-order valence-corrected chi connectivity index (χ0v) is 10.1. The fraction of sp³-hybridized carbons (Fsp3) is 0.571. The van der Waals surface area contributed by atoms with Gasteiger partial charge >= 0.3 is 0 Å². The van der Waals surface area contributed by atoms with Crippen LogP contribution >= 0.6 is 0 Å². The first-order chi connectivity index (χ1) is 7.27. The van der Waals surface area contributed by atoms with Gasteiger partial charge in [0.05, 0.1) is 12.7 Å². The summed E-state index contributed by atoms with van der Waals surface area (Å²) in [5, 5.41) is 0. The van der Waals surface area contributed by atoms with Crippen LogP contribution in [0.2, 0.25) is 0 Å². The van der Waals surface area contributed by atoms with Gasteiger partial charge in [-0.3, -0.25) is 0 Å². The van der Waals surface area contributed by atoms with E-state index in [4.69, 9.17) is 4.74 Å². The highest BCUT2D eigenvalue weighted by atomic mass is 16.5. The highest BCUT2D eigenvalue weighted by molar-refractivity contribution is 5.19. The van der Waals surface area contributed by atoms with Gasteiger partial charge in [-0.1, -0.05) is 44.2 Å². The van der Waals surface area contributed by atoms with E-state index in [2.05, 4.69) is 51.1 Å². The van der Waals surface area contributed by atoms with E-state index in [1.54, 1.807) is 0 Å². The predicted molar refractivity (Wildman–Crippen MR) is 65.2 cm³/mol. The minimum absolute atomic E-state index is 0.378. The maximum absolute atomic E-state index is 5.80. The Hall–Kier alpha value is -0.820. The lowest BCUT2D eigenvalue weighted by Gasteiger charge is -2.18. The minimum atomic E-state index is 0.378. The smallest absolute Gasteiger partial charge is 0.0544 e. The molecule has 0 amide bonds. The lowest BCUT2D eigenvalue weighted by atomic mass is 9.97. The molecule has 0 spiro atoms. The van der Waals surface area contributed by atoms with E-state index in [1.165, 1.54) is 5.56 Å². The normalized spacial score (nSPS) is 14.9. The third-order valence-corrected chi connectivity index (χ3v) is 2.92. The van der Waals surface area contributed by atoms with E-state index >= 15 is 0 Å². The number of benzene rings is 1. The lowest BCUT2D eigenvalue weighted by molar-refractivity contribution is 0.0524. The van der Waals surface area contributed by atoms with Crippen LogP contribution in [-0.2, 0) is 4.74 Å². The molecule has 0 aromatic heterocycles. The van der Waals surface area contributed by atoms with E-state index in [0.717, 1.165) is 19.4 Å². The van der Waals surface area contributed by atoms with E-state index < -0.39 is 0 Å². The molecule has 0 bridgehead atoms. The third-order valence-electron chi connectivity index (χ3n) is 2.92. The predicted octanol–water partition coefficient (Wildman–Crippen LogP) is 4.00. The SMILES string of the molecule is CCC(C)OCC(CC)c1ccccc1. The number of rotatable bonds is 6. The van der Waals surface area contributed by atoms with E-state index in [1.807, 2.05) is 0 Å². The number of ether oxygens (including phenoxy) is 1. The van der Waals surface area contributed by atoms with Gasteiger partial charge in [0.15, 0.2) is 0 Å². The van der Waals surface area contributed by atoms with Crippen molar-refractivity contribution >= 4 is 0 Å². The summed E-state index contributed by atoms with van der Waals surface area (Å²) in [4.78, 5) is 0. The van der Waals surface area contributed by atoms with Crippen LogP contribution in [0.3, 0.4) is 0 Å². The second kappa shape index (κ2) is 6.62. The van der Waals surface area contributed by atoms with Crippen molar-refractivity contribution in [1.82, 2.24) is 0 Å². The average molecular weight is 206 g/mol. The molecular weight excluding hydrogens is 184 g/mol. The molecule has 0 radical (unpaired) electrons. The quantitative estimate of drug-likeness (QED) is 0.683. The lowest BCUT2D eigenvalue weighted by Crippen LogP contribution is -2.13. The summed E-state index contributed by atoms with van der Waals surface area (Å²) in [6.45, 7) is 7.36. The van der Waals surface area contributed by atoms with Crippen molar-refractivity contribution in [3.63, 3.8) is 0 Å². The number of hydrogen-bond donors (Lipinski definition) is 0. The molecule has 0 N–H and O–H groups in total. The highest BCUT2D eigenvalue weighted by Crippen LogP contribution is 2.20. The zero-order chi connectivity index (χ0) is 11.1. The molecule has 1 rings (SSSR count). The van der Waals surface area contributed by atoms with E-state index in [-0.39, 0.29) is 0 Å². The van der Waals surface area contributed by atoms with Crippen LogP contribution in [0.1, 0.15) is 45.1 Å². The van der Waals surface area contributed by atoms with Gasteiger partial charge < -0.3 is 4.74 Å². The van der Waals surface area contributed by atoms with E-state index in [9.17, 15) is 0 Å². The van der Waals surface area contributed by atoms with Crippen LogP contribution < -0.4 is 0 Å². The molecule has 1 aromatic carbocycles. The fourth-order valence-corrected chi connectivity index (χ4v) is 1.57. The van der Waals surface area contributed by atoms with Crippen LogP contribution in [0.25, 0.3) is 0 Å². The molecule has 0 heterocycles. The average Bonchev–Trinajstić information content (AvgIpc) is 2.31. The summed E-state index contributed by atoms with van der Waals surface area (Å²) in [7, 11) is 0. The molecular formula is C14H22O. The second-order valence-corrected chi connectivity index (χ2v) is 4.07. The Morgan fingerprint density at radius 1 is 1.07 bits per heavy atom. The van der Waals surface area contributed by atoms with Crippen molar-refractivity contribution < 1.29 is 4.74 Å². The topological polar surface area (TPSA) is 9.23 Å². The zero-order valence-electron chi connectivity index (χ0n) is 10.1. The first-order valence-corrected chi connectivity index (χ1v) is 5.94. The molecule has 0 aliphatic heterocycles. The first kappa shape index (κ1) is 12.3. The summed E-state index contributed by atoms with van der Waals surface area (Å²) >= 11 is 0. The van der Waals surface area contributed by atoms with Crippen LogP contribution in [0.4, 0.5) is 0 Å². The Kier molecular flexibility index (Phi) is 5.41. The summed E-state index contributed by atoms with van der Waals surface area (Å²) in [5.74, 6) is 0.542. The largest absolute Gasteiger partial charge is 0.378 e. The van der Waals surface area contributed by atoms with Gasteiger partial charge in [0, 0.05) is 5.92 Å². The maximum atomic E-state index is 5.80. The maximum Gasteiger partial charge on any atom is 0.0544 e. The van der Waals surface area contributed by atoms with Crippen molar-refractivity contribution in [1.29, 1.82) is 0 Å². The molecule has 0 aliphatic carbocycles. The highest BCUT2D eigenvalue weighted by Gasteiger charge is 2.10. The van der Waals surface area contributed by atoms with Crippen LogP contribution in [-0.4, -0.2) is 12.7 Å². The second-order valence-electron chi connectivity index (χ2n) is 4.07. The van der Waals surface area contributed by atoms with Crippen molar-refractivity contribution in [2.24, 2.45) is 0 Å². The standard InChI is InChI=1S/C14H22O/c1-4-12(3)15-11-13(5-2)14-9-7-6-8-10-14/h6-10,12-13H,4-5,11H2,1-3H3. The molecule has 0 saturated carbocycles. The van der Waals surface area contributed by atoms with Gasteiger partial charge in [0.1, 0.15) is 0 Å². The Labute approximate surface area is 93.5 Å². The molecule has 1 nitrogen and oxygen atoms in total. The summed E-state index contributed by atoms with van der Waals surface area (Å²) < 4.78 is 5.80. The van der Waals surface area contributed by atoms with E-state index in [0.29, 0.717) is 12.0 Å². The van der Waals surface area contributed by atoms with Crippen molar-refractivity contribution in [2.75, 3.05) is 6.61 Å². The molecule has 1 aromatic rings. The molecule has 15 heavy (non-hydrogen) atoms. The van der Waals surface area contributed by atoms with Gasteiger partial charge in [-0.2, -0.15) is 0 Å². The van der Waals surface area contributed by atoms with Crippen LogP contribution in [0.5, 0.6) is 0 Å². The van der Waals surface area contributed by atoms with Gasteiger partial charge in [0.25, 0.3) is 0 Å². The molecule has 1 heteroatoms.